The standard InChI is InChI=1S/C36H61N5O8/c1-34(2,3)47-30(42)25-39-19-17-38(16-15-37-33(45)46-28-29-13-11-10-12-14-29)18-20-40(26-31(43)48-35(4,5)6)22-24-41(23-21-39)27-32(44)49-36(7,8)9/h10-14H,15-28H2,1-9H3,(H,37,45). The maximum Gasteiger partial charge on any atom is 0.407 e. The van der Waals surface area contributed by atoms with Crippen LogP contribution in [0.4, 0.5) is 4.79 Å². The number of hydrogen-bond donors (Lipinski definition) is 1. The topological polar surface area (TPSA) is 130 Å². The van der Waals surface area contributed by atoms with E-state index in [9.17, 15) is 19.2 Å². The number of amides is 1. The number of carbonyl (C=O) groups excluding carboxylic acids is 4. The molecule has 13 nitrogen and oxygen atoms in total. The molecule has 0 saturated carbocycles. The summed E-state index contributed by atoms with van der Waals surface area (Å²) in [6.45, 7) is 22.2. The second-order valence-corrected chi connectivity index (χ2v) is 15.4. The minimum Gasteiger partial charge on any atom is -0.459 e. The van der Waals surface area contributed by atoms with Gasteiger partial charge >= 0.3 is 24.0 Å². The molecule has 1 aliphatic rings. The first-order chi connectivity index (χ1) is 22.8. The van der Waals surface area contributed by atoms with E-state index in [1.165, 1.54) is 0 Å². The minimum absolute atomic E-state index is 0.0794. The molecule has 1 aromatic carbocycles. The third kappa shape index (κ3) is 20.8. The number of benzene rings is 1. The average molecular weight is 692 g/mol. The second-order valence-electron chi connectivity index (χ2n) is 15.4. The van der Waals surface area contributed by atoms with Crippen LogP contribution in [0.25, 0.3) is 0 Å². The van der Waals surface area contributed by atoms with Crippen LogP contribution in [0.2, 0.25) is 0 Å². The molecule has 0 radical (unpaired) electrons. The van der Waals surface area contributed by atoms with Crippen molar-refractivity contribution in [1.82, 2.24) is 24.9 Å². The summed E-state index contributed by atoms with van der Waals surface area (Å²) in [7, 11) is 0. The number of nitrogens with zero attached hydrogens (tertiary/aromatic N) is 4. The van der Waals surface area contributed by atoms with E-state index in [0.29, 0.717) is 65.4 Å². The molecule has 0 aromatic heterocycles. The minimum atomic E-state index is -0.619. The van der Waals surface area contributed by atoms with E-state index in [0.717, 1.165) is 5.56 Å². The van der Waals surface area contributed by atoms with Gasteiger partial charge in [-0.1, -0.05) is 30.3 Å². The third-order valence-corrected chi connectivity index (χ3v) is 7.16. The van der Waals surface area contributed by atoms with E-state index in [-0.39, 0.29) is 44.1 Å². The van der Waals surface area contributed by atoms with Gasteiger partial charge in [0.05, 0.1) is 19.6 Å². The summed E-state index contributed by atoms with van der Waals surface area (Å²) in [6.07, 6.45) is -0.499. The van der Waals surface area contributed by atoms with E-state index in [1.54, 1.807) is 0 Å². The van der Waals surface area contributed by atoms with Crippen molar-refractivity contribution in [3.8, 4) is 0 Å². The molecule has 0 spiro atoms. The lowest BCUT2D eigenvalue weighted by Crippen LogP contribution is -2.50. The van der Waals surface area contributed by atoms with Gasteiger partial charge in [-0.15, -0.1) is 0 Å². The predicted molar refractivity (Wildman–Crippen MR) is 188 cm³/mol. The lowest BCUT2D eigenvalue weighted by molar-refractivity contribution is -0.158. The van der Waals surface area contributed by atoms with Gasteiger partial charge in [0.25, 0.3) is 0 Å². The molecule has 1 saturated heterocycles. The highest BCUT2D eigenvalue weighted by Gasteiger charge is 2.25. The average Bonchev–Trinajstić information content (AvgIpc) is 2.94. The first-order valence-corrected chi connectivity index (χ1v) is 17.3. The number of ether oxygens (including phenoxy) is 4. The Bertz CT molecular complexity index is 1130. The van der Waals surface area contributed by atoms with Crippen LogP contribution >= 0.6 is 0 Å². The second kappa shape index (κ2) is 19.8. The maximum absolute atomic E-state index is 12.9. The van der Waals surface area contributed by atoms with Gasteiger partial charge in [0.1, 0.15) is 23.4 Å². The van der Waals surface area contributed by atoms with E-state index in [2.05, 4.69) is 10.2 Å². The monoisotopic (exact) mass is 691 g/mol. The first kappa shape index (κ1) is 41.9. The summed E-state index contributed by atoms with van der Waals surface area (Å²) < 4.78 is 22.2. The van der Waals surface area contributed by atoms with Crippen LogP contribution in [-0.4, -0.2) is 145 Å². The summed E-state index contributed by atoms with van der Waals surface area (Å²) >= 11 is 0. The molecule has 0 bridgehead atoms. The Morgan fingerprint density at radius 2 is 0.918 bits per heavy atom. The zero-order valence-corrected chi connectivity index (χ0v) is 31.3. The summed E-state index contributed by atoms with van der Waals surface area (Å²) in [5.41, 5.74) is -0.944. The van der Waals surface area contributed by atoms with Crippen LogP contribution in [0, 0.1) is 0 Å². The number of esters is 3. The van der Waals surface area contributed by atoms with E-state index < -0.39 is 22.9 Å². The molecule has 2 rings (SSSR count). The van der Waals surface area contributed by atoms with Crippen molar-refractivity contribution in [1.29, 1.82) is 0 Å². The van der Waals surface area contributed by atoms with Gasteiger partial charge in [-0.25, -0.2) is 4.79 Å². The van der Waals surface area contributed by atoms with E-state index >= 15 is 0 Å². The number of nitrogens with one attached hydrogen (secondary N) is 1. The maximum atomic E-state index is 12.9. The van der Waals surface area contributed by atoms with Gasteiger partial charge in [0.15, 0.2) is 0 Å². The predicted octanol–water partition coefficient (Wildman–Crippen LogP) is 3.16. The molecule has 1 heterocycles. The molecule has 13 heteroatoms. The fourth-order valence-corrected chi connectivity index (χ4v) is 5.04. The van der Waals surface area contributed by atoms with Gasteiger partial charge in [-0.2, -0.15) is 0 Å². The largest absolute Gasteiger partial charge is 0.459 e. The Morgan fingerprint density at radius 1 is 0.571 bits per heavy atom. The molecule has 1 N–H and O–H groups in total. The van der Waals surface area contributed by atoms with Crippen molar-refractivity contribution in [3.63, 3.8) is 0 Å². The zero-order valence-electron chi connectivity index (χ0n) is 31.3. The molecule has 49 heavy (non-hydrogen) atoms. The van der Waals surface area contributed by atoms with Crippen molar-refractivity contribution in [2.45, 2.75) is 85.7 Å². The van der Waals surface area contributed by atoms with Crippen LogP contribution in [0.3, 0.4) is 0 Å². The quantitative estimate of drug-likeness (QED) is 0.270. The smallest absolute Gasteiger partial charge is 0.407 e. The lowest BCUT2D eigenvalue weighted by Gasteiger charge is -2.34. The Kier molecular flexibility index (Phi) is 16.9. The molecule has 0 unspecified atom stereocenters. The van der Waals surface area contributed by atoms with Crippen LogP contribution < -0.4 is 5.32 Å². The molecule has 1 aliphatic heterocycles. The SMILES string of the molecule is CC(C)(C)OC(=O)CN1CCN(CCNC(=O)OCc2ccccc2)CCN(CC(=O)OC(C)(C)C)CCN(CC(=O)OC(C)(C)C)CC1. The van der Waals surface area contributed by atoms with E-state index in [4.69, 9.17) is 18.9 Å². The normalized spacial score (nSPS) is 16.9. The summed E-state index contributed by atoms with van der Waals surface area (Å²) in [4.78, 5) is 59.3. The highest BCUT2D eigenvalue weighted by Crippen LogP contribution is 2.11. The molecule has 278 valence electrons. The van der Waals surface area contributed by atoms with Gasteiger partial charge in [-0.3, -0.25) is 34.0 Å². The Labute approximate surface area is 293 Å². The molecule has 1 amide bonds. The molecule has 1 fully saturated rings. The van der Waals surface area contributed by atoms with Gasteiger partial charge in [-0.05, 0) is 67.9 Å². The fraction of sp³-hybridized carbons (Fsp3) is 0.722. The molecular weight excluding hydrogens is 630 g/mol. The van der Waals surface area contributed by atoms with Crippen molar-refractivity contribution in [3.05, 3.63) is 35.9 Å². The highest BCUT2D eigenvalue weighted by molar-refractivity contribution is 5.73. The van der Waals surface area contributed by atoms with Gasteiger partial charge < -0.3 is 24.3 Å². The highest BCUT2D eigenvalue weighted by atomic mass is 16.6. The third-order valence-electron chi connectivity index (χ3n) is 7.16. The zero-order chi connectivity index (χ0) is 36.7. The number of alkyl carbamates (subject to hydrolysis) is 1. The summed E-state index contributed by atoms with van der Waals surface area (Å²) in [6, 6.07) is 9.48. The Morgan fingerprint density at radius 3 is 1.27 bits per heavy atom. The number of rotatable bonds is 11. The Balaban J connectivity index is 2.18. The van der Waals surface area contributed by atoms with Crippen molar-refractivity contribution >= 4 is 24.0 Å². The summed E-state index contributed by atoms with van der Waals surface area (Å²) in [5.74, 6) is -0.981. The summed E-state index contributed by atoms with van der Waals surface area (Å²) in [5, 5.41) is 2.84. The van der Waals surface area contributed by atoms with Gasteiger partial charge in [0, 0.05) is 65.4 Å². The van der Waals surface area contributed by atoms with Crippen LogP contribution in [-0.2, 0) is 39.9 Å². The van der Waals surface area contributed by atoms with Crippen molar-refractivity contribution in [2.75, 3.05) is 85.1 Å². The van der Waals surface area contributed by atoms with Crippen molar-refractivity contribution in [2.24, 2.45) is 0 Å². The van der Waals surface area contributed by atoms with Crippen LogP contribution in [0.15, 0.2) is 30.3 Å². The molecule has 1 aromatic rings. The van der Waals surface area contributed by atoms with Crippen molar-refractivity contribution < 1.29 is 38.1 Å². The Hall–Kier alpha value is -3.26. The lowest BCUT2D eigenvalue weighted by atomic mass is 10.2. The number of carbonyl (C=O) groups is 4. The van der Waals surface area contributed by atoms with Crippen LogP contribution in [0.1, 0.15) is 67.9 Å². The first-order valence-electron chi connectivity index (χ1n) is 17.3. The van der Waals surface area contributed by atoms with Gasteiger partial charge in [0.2, 0.25) is 0 Å². The molecule has 0 aliphatic carbocycles. The number of hydrogen-bond acceptors (Lipinski definition) is 12. The van der Waals surface area contributed by atoms with Crippen LogP contribution in [0.5, 0.6) is 0 Å². The molecule has 0 atom stereocenters. The molecular formula is C36H61N5O8. The van der Waals surface area contributed by atoms with E-state index in [1.807, 2.05) is 107 Å². The fourth-order valence-electron chi connectivity index (χ4n) is 5.04.